The zero-order chi connectivity index (χ0) is 11.6. The van der Waals surface area contributed by atoms with E-state index in [2.05, 4.69) is 4.84 Å². The van der Waals surface area contributed by atoms with Crippen LogP contribution in [0.5, 0.6) is 0 Å². The second kappa shape index (κ2) is 4.16. The van der Waals surface area contributed by atoms with Crippen LogP contribution >= 0.6 is 0 Å². The van der Waals surface area contributed by atoms with Crippen molar-refractivity contribution in [3.8, 4) is 0 Å². The van der Waals surface area contributed by atoms with Crippen molar-refractivity contribution in [1.29, 1.82) is 0 Å². The van der Waals surface area contributed by atoms with Crippen molar-refractivity contribution in [2.75, 3.05) is 0 Å². The summed E-state index contributed by atoms with van der Waals surface area (Å²) < 4.78 is 49.7. The molecule has 0 aliphatic rings. The molecule has 0 fully saturated rings. The Hall–Kier alpha value is -1.14. The van der Waals surface area contributed by atoms with Crippen molar-refractivity contribution < 1.29 is 22.4 Å². The molecule has 6 heteroatoms. The van der Waals surface area contributed by atoms with Crippen LogP contribution in [0.2, 0.25) is 0 Å². The van der Waals surface area contributed by atoms with Gasteiger partial charge in [-0.25, -0.2) is 10.3 Å². The number of nitrogens with two attached hydrogens (primary N) is 1. The smallest absolute Gasteiger partial charge is 0.297 e. The van der Waals surface area contributed by atoms with Gasteiger partial charge >= 0.3 is 6.18 Å². The maximum atomic E-state index is 12.8. The normalized spacial score (nSPS) is 14.0. The standard InChI is InChI=1S/C9H9F4NO/c1-5(15-14)6-2-3-8(10)7(4-6)9(11,12)13/h2-5H,14H2,1H3. The maximum Gasteiger partial charge on any atom is 0.419 e. The third-order valence-corrected chi connectivity index (χ3v) is 1.97. The van der Waals surface area contributed by atoms with Gasteiger partial charge in [0, 0.05) is 0 Å². The van der Waals surface area contributed by atoms with Gasteiger partial charge in [0.15, 0.2) is 0 Å². The van der Waals surface area contributed by atoms with Gasteiger partial charge < -0.3 is 0 Å². The van der Waals surface area contributed by atoms with E-state index in [1.165, 1.54) is 13.0 Å². The summed E-state index contributed by atoms with van der Waals surface area (Å²) in [6.45, 7) is 1.47. The van der Waals surface area contributed by atoms with E-state index in [0.717, 1.165) is 6.07 Å². The lowest BCUT2D eigenvalue weighted by Crippen LogP contribution is -2.11. The predicted molar refractivity (Wildman–Crippen MR) is 45.1 cm³/mol. The second-order valence-electron chi connectivity index (χ2n) is 3.02. The van der Waals surface area contributed by atoms with Gasteiger partial charge in [-0.3, -0.25) is 4.84 Å². The molecule has 1 rings (SSSR count). The largest absolute Gasteiger partial charge is 0.419 e. The molecule has 0 heterocycles. The highest BCUT2D eigenvalue weighted by Crippen LogP contribution is 2.33. The molecule has 0 spiro atoms. The molecule has 1 aromatic rings. The first kappa shape index (κ1) is 11.9. The second-order valence-corrected chi connectivity index (χ2v) is 3.02. The minimum atomic E-state index is -4.71. The Morgan fingerprint density at radius 3 is 2.40 bits per heavy atom. The van der Waals surface area contributed by atoms with Gasteiger partial charge in [0.2, 0.25) is 0 Å². The molecule has 0 amide bonds. The Bertz CT molecular complexity index is 350. The van der Waals surface area contributed by atoms with Gasteiger partial charge in [-0.2, -0.15) is 13.2 Å². The van der Waals surface area contributed by atoms with Gasteiger partial charge in [-0.15, -0.1) is 0 Å². The SMILES string of the molecule is CC(ON)c1ccc(F)c(C(F)(F)F)c1. The fourth-order valence-electron chi connectivity index (χ4n) is 1.09. The van der Waals surface area contributed by atoms with E-state index in [1.54, 1.807) is 0 Å². The molecule has 1 aromatic carbocycles. The third kappa shape index (κ3) is 2.66. The van der Waals surface area contributed by atoms with Crippen LogP contribution in [-0.2, 0) is 11.0 Å². The number of alkyl halides is 3. The van der Waals surface area contributed by atoms with E-state index < -0.39 is 23.7 Å². The molecule has 0 aliphatic heterocycles. The average Bonchev–Trinajstić information content (AvgIpc) is 2.15. The van der Waals surface area contributed by atoms with Gasteiger partial charge in [0.25, 0.3) is 0 Å². The van der Waals surface area contributed by atoms with Crippen LogP contribution in [-0.4, -0.2) is 0 Å². The van der Waals surface area contributed by atoms with Crippen molar-refractivity contribution in [1.82, 2.24) is 0 Å². The number of halogens is 4. The minimum absolute atomic E-state index is 0.172. The Balaban J connectivity index is 3.17. The fourth-order valence-corrected chi connectivity index (χ4v) is 1.09. The van der Waals surface area contributed by atoms with E-state index in [4.69, 9.17) is 5.90 Å². The summed E-state index contributed by atoms with van der Waals surface area (Å²) >= 11 is 0. The molecule has 0 aliphatic carbocycles. The summed E-state index contributed by atoms with van der Waals surface area (Å²) in [5.74, 6) is 3.52. The molecule has 0 saturated carbocycles. The van der Waals surface area contributed by atoms with E-state index >= 15 is 0 Å². The van der Waals surface area contributed by atoms with E-state index in [9.17, 15) is 17.6 Å². The number of hydrogen-bond donors (Lipinski definition) is 1. The molecule has 2 N–H and O–H groups in total. The van der Waals surface area contributed by atoms with Crippen molar-refractivity contribution in [2.45, 2.75) is 19.2 Å². The summed E-state index contributed by atoms with van der Waals surface area (Å²) in [5.41, 5.74) is -1.14. The van der Waals surface area contributed by atoms with Crippen molar-refractivity contribution in [3.05, 3.63) is 35.1 Å². The fraction of sp³-hybridized carbons (Fsp3) is 0.333. The van der Waals surface area contributed by atoms with Gasteiger partial charge in [-0.05, 0) is 24.6 Å². The molecule has 0 aromatic heterocycles. The predicted octanol–water partition coefficient (Wildman–Crippen LogP) is 2.80. The van der Waals surface area contributed by atoms with Crippen LogP contribution in [0.4, 0.5) is 17.6 Å². The Kier molecular flexibility index (Phi) is 3.31. The molecule has 2 nitrogen and oxygen atoms in total. The molecular weight excluding hydrogens is 214 g/mol. The highest BCUT2D eigenvalue weighted by atomic mass is 19.4. The van der Waals surface area contributed by atoms with Gasteiger partial charge in [0.05, 0.1) is 5.56 Å². The first-order valence-electron chi connectivity index (χ1n) is 4.08. The summed E-state index contributed by atoms with van der Waals surface area (Å²) in [7, 11) is 0. The molecule has 15 heavy (non-hydrogen) atoms. The van der Waals surface area contributed by atoms with E-state index in [0.29, 0.717) is 6.07 Å². The quantitative estimate of drug-likeness (QED) is 0.618. The lowest BCUT2D eigenvalue weighted by Gasteiger charge is -2.13. The van der Waals surface area contributed by atoms with Crippen molar-refractivity contribution in [3.63, 3.8) is 0 Å². The Morgan fingerprint density at radius 2 is 1.93 bits per heavy atom. The topological polar surface area (TPSA) is 35.2 Å². The summed E-state index contributed by atoms with van der Waals surface area (Å²) in [6.07, 6.45) is -5.43. The number of rotatable bonds is 2. The lowest BCUT2D eigenvalue weighted by molar-refractivity contribution is -0.140. The maximum absolute atomic E-state index is 12.8. The average molecular weight is 223 g/mol. The van der Waals surface area contributed by atoms with E-state index in [-0.39, 0.29) is 5.56 Å². The van der Waals surface area contributed by atoms with Crippen LogP contribution in [0, 0.1) is 5.82 Å². The van der Waals surface area contributed by atoms with Crippen LogP contribution in [0.25, 0.3) is 0 Å². The first-order valence-corrected chi connectivity index (χ1v) is 4.08. The third-order valence-electron chi connectivity index (χ3n) is 1.97. The number of hydrogen-bond acceptors (Lipinski definition) is 2. The summed E-state index contributed by atoms with van der Waals surface area (Å²) in [4.78, 5) is 4.35. The van der Waals surface area contributed by atoms with Crippen LogP contribution < -0.4 is 5.90 Å². The molecule has 1 unspecified atom stereocenters. The monoisotopic (exact) mass is 223 g/mol. The zero-order valence-electron chi connectivity index (χ0n) is 7.81. The van der Waals surface area contributed by atoms with Crippen LogP contribution in [0.15, 0.2) is 18.2 Å². The molecule has 0 radical (unpaired) electrons. The Morgan fingerprint density at radius 1 is 1.33 bits per heavy atom. The zero-order valence-corrected chi connectivity index (χ0v) is 7.81. The van der Waals surface area contributed by atoms with Crippen molar-refractivity contribution >= 4 is 0 Å². The number of benzene rings is 1. The molecule has 0 saturated heterocycles. The lowest BCUT2D eigenvalue weighted by atomic mass is 10.1. The minimum Gasteiger partial charge on any atom is -0.297 e. The highest BCUT2D eigenvalue weighted by Gasteiger charge is 2.34. The van der Waals surface area contributed by atoms with E-state index in [1.807, 2.05) is 0 Å². The summed E-state index contributed by atoms with van der Waals surface area (Å²) in [5, 5.41) is 0. The van der Waals surface area contributed by atoms with Crippen LogP contribution in [0.3, 0.4) is 0 Å². The Labute approximate surface area is 83.6 Å². The van der Waals surface area contributed by atoms with Crippen LogP contribution in [0.1, 0.15) is 24.2 Å². The van der Waals surface area contributed by atoms with Crippen molar-refractivity contribution in [2.24, 2.45) is 5.90 Å². The molecular formula is C9H9F4NO. The van der Waals surface area contributed by atoms with Gasteiger partial charge in [-0.1, -0.05) is 6.07 Å². The molecule has 0 bridgehead atoms. The highest BCUT2D eigenvalue weighted by molar-refractivity contribution is 5.28. The molecule has 84 valence electrons. The van der Waals surface area contributed by atoms with Gasteiger partial charge in [0.1, 0.15) is 11.9 Å². The first-order chi connectivity index (χ1) is 6.86. The molecule has 1 atom stereocenters. The summed E-state index contributed by atoms with van der Waals surface area (Å²) in [6, 6.07) is 2.63.